The van der Waals surface area contributed by atoms with E-state index in [-0.39, 0.29) is 0 Å². The molecule has 0 amide bonds. The Hall–Kier alpha value is -0.700. The van der Waals surface area contributed by atoms with Crippen molar-refractivity contribution in [2.45, 2.75) is 6.42 Å². The van der Waals surface area contributed by atoms with E-state index in [4.69, 9.17) is 33.4 Å². The Morgan fingerprint density at radius 3 is 2.79 bits per heavy atom. The molecule has 2 aromatic rings. The maximum Gasteiger partial charge on any atom is 0.152 e. The van der Waals surface area contributed by atoms with Gasteiger partial charge in [0, 0.05) is 10.4 Å². The van der Waals surface area contributed by atoms with Crippen molar-refractivity contribution in [1.29, 1.82) is 0 Å². The van der Waals surface area contributed by atoms with Crippen molar-refractivity contribution in [3.63, 3.8) is 0 Å². The molecule has 0 saturated heterocycles. The Morgan fingerprint density at radius 1 is 1.29 bits per heavy atom. The van der Waals surface area contributed by atoms with Crippen LogP contribution in [0.25, 0.3) is 11.0 Å². The third kappa shape index (κ3) is 1.61. The van der Waals surface area contributed by atoms with Crippen molar-refractivity contribution in [2.24, 2.45) is 5.73 Å². The summed E-state index contributed by atoms with van der Waals surface area (Å²) >= 11 is 11.9. The Morgan fingerprint density at radius 2 is 2.07 bits per heavy atom. The molecule has 0 aliphatic carbocycles. The molecular formula is C10H9Cl2NO. The standard InChI is InChI=1S/C10H9Cl2NO/c11-7-3-8-6(1-2-13)5-14-10(8)9(12)4-7/h3-5H,1-2,13H2. The first-order valence-electron chi connectivity index (χ1n) is 4.27. The summed E-state index contributed by atoms with van der Waals surface area (Å²) in [4.78, 5) is 0. The Kier molecular flexibility index (Phi) is 2.68. The first kappa shape index (κ1) is 9.84. The van der Waals surface area contributed by atoms with Crippen LogP contribution in [-0.4, -0.2) is 6.54 Å². The van der Waals surface area contributed by atoms with Crippen molar-refractivity contribution in [2.75, 3.05) is 6.54 Å². The first-order valence-corrected chi connectivity index (χ1v) is 5.03. The minimum absolute atomic E-state index is 0.538. The molecule has 1 aromatic heterocycles. The molecule has 0 aliphatic heterocycles. The van der Waals surface area contributed by atoms with Gasteiger partial charge in [-0.15, -0.1) is 0 Å². The van der Waals surface area contributed by atoms with Gasteiger partial charge in [-0.3, -0.25) is 0 Å². The summed E-state index contributed by atoms with van der Waals surface area (Å²) in [6.45, 7) is 0.582. The normalized spacial score (nSPS) is 11.1. The molecule has 2 nitrogen and oxygen atoms in total. The molecule has 1 heterocycles. The van der Waals surface area contributed by atoms with Crippen LogP contribution in [-0.2, 0) is 6.42 Å². The minimum atomic E-state index is 0.538. The van der Waals surface area contributed by atoms with E-state index >= 15 is 0 Å². The summed E-state index contributed by atoms with van der Waals surface area (Å²) in [7, 11) is 0. The fourth-order valence-electron chi connectivity index (χ4n) is 1.46. The van der Waals surface area contributed by atoms with E-state index in [1.807, 2.05) is 6.07 Å². The molecule has 2 N–H and O–H groups in total. The smallest absolute Gasteiger partial charge is 0.152 e. The van der Waals surface area contributed by atoms with Gasteiger partial charge < -0.3 is 10.2 Å². The lowest BCUT2D eigenvalue weighted by Gasteiger charge is -1.96. The molecule has 0 atom stereocenters. The fourth-order valence-corrected chi connectivity index (χ4v) is 2.00. The summed E-state index contributed by atoms with van der Waals surface area (Å²) in [5.74, 6) is 0. The molecule has 0 radical (unpaired) electrons. The number of hydrogen-bond donors (Lipinski definition) is 1. The summed E-state index contributed by atoms with van der Waals surface area (Å²) in [5.41, 5.74) is 7.21. The third-order valence-electron chi connectivity index (χ3n) is 2.09. The van der Waals surface area contributed by atoms with E-state index in [0.717, 1.165) is 17.4 Å². The predicted octanol–water partition coefficient (Wildman–Crippen LogP) is 3.24. The number of hydrogen-bond acceptors (Lipinski definition) is 2. The van der Waals surface area contributed by atoms with Gasteiger partial charge in [0.1, 0.15) is 0 Å². The van der Waals surface area contributed by atoms with Crippen LogP contribution in [0.2, 0.25) is 10.0 Å². The van der Waals surface area contributed by atoms with Crippen molar-refractivity contribution in [3.05, 3.63) is 34.0 Å². The molecule has 0 saturated carbocycles. The molecule has 0 unspecified atom stereocenters. The second-order valence-corrected chi connectivity index (χ2v) is 3.91. The highest BCUT2D eigenvalue weighted by atomic mass is 35.5. The third-order valence-corrected chi connectivity index (χ3v) is 2.59. The molecule has 4 heteroatoms. The molecule has 0 aliphatic rings. The molecule has 14 heavy (non-hydrogen) atoms. The second-order valence-electron chi connectivity index (χ2n) is 3.06. The van der Waals surface area contributed by atoms with Crippen molar-refractivity contribution in [1.82, 2.24) is 0 Å². The number of furan rings is 1. The maximum atomic E-state index is 5.97. The number of nitrogens with two attached hydrogens (primary N) is 1. The van der Waals surface area contributed by atoms with Crippen LogP contribution in [0, 0.1) is 0 Å². The summed E-state index contributed by atoms with van der Waals surface area (Å²) in [5, 5.41) is 2.10. The lowest BCUT2D eigenvalue weighted by Crippen LogP contribution is -2.01. The molecule has 0 bridgehead atoms. The monoisotopic (exact) mass is 229 g/mol. The molecule has 1 aromatic carbocycles. The largest absolute Gasteiger partial charge is 0.462 e. The van der Waals surface area contributed by atoms with Crippen LogP contribution < -0.4 is 5.73 Å². The highest BCUT2D eigenvalue weighted by Crippen LogP contribution is 2.31. The number of benzene rings is 1. The van der Waals surface area contributed by atoms with E-state index < -0.39 is 0 Å². The van der Waals surface area contributed by atoms with Crippen molar-refractivity contribution in [3.8, 4) is 0 Å². The Bertz CT molecular complexity index is 464. The van der Waals surface area contributed by atoms with E-state index in [0.29, 0.717) is 22.2 Å². The van der Waals surface area contributed by atoms with Crippen LogP contribution in [0.1, 0.15) is 5.56 Å². The first-order chi connectivity index (χ1) is 6.72. The van der Waals surface area contributed by atoms with Gasteiger partial charge in [0.15, 0.2) is 5.58 Å². The highest BCUT2D eigenvalue weighted by Gasteiger charge is 2.09. The molecule has 74 valence electrons. The topological polar surface area (TPSA) is 39.2 Å². The average Bonchev–Trinajstić information content (AvgIpc) is 2.49. The summed E-state index contributed by atoms with van der Waals surface area (Å²) in [6, 6.07) is 3.51. The zero-order chi connectivity index (χ0) is 10.1. The Balaban J connectivity index is 2.66. The molecule has 2 rings (SSSR count). The zero-order valence-electron chi connectivity index (χ0n) is 7.39. The van der Waals surface area contributed by atoms with Crippen LogP contribution in [0.5, 0.6) is 0 Å². The quantitative estimate of drug-likeness (QED) is 0.859. The van der Waals surface area contributed by atoms with E-state index in [1.54, 1.807) is 12.3 Å². The van der Waals surface area contributed by atoms with Gasteiger partial charge in [-0.2, -0.15) is 0 Å². The van der Waals surface area contributed by atoms with Crippen LogP contribution >= 0.6 is 23.2 Å². The SMILES string of the molecule is NCCc1coc2c(Cl)cc(Cl)cc12. The van der Waals surface area contributed by atoms with Gasteiger partial charge in [0.25, 0.3) is 0 Å². The summed E-state index contributed by atoms with van der Waals surface area (Å²) < 4.78 is 5.34. The average molecular weight is 230 g/mol. The Labute approximate surface area is 91.6 Å². The van der Waals surface area contributed by atoms with Gasteiger partial charge in [-0.1, -0.05) is 23.2 Å². The molecular weight excluding hydrogens is 221 g/mol. The summed E-state index contributed by atoms with van der Waals surface area (Å²) in [6.07, 6.45) is 2.45. The van der Waals surface area contributed by atoms with Crippen molar-refractivity contribution < 1.29 is 4.42 Å². The van der Waals surface area contributed by atoms with Gasteiger partial charge in [-0.05, 0) is 30.7 Å². The number of rotatable bonds is 2. The van der Waals surface area contributed by atoms with Gasteiger partial charge >= 0.3 is 0 Å². The maximum absolute atomic E-state index is 5.97. The number of halogens is 2. The van der Waals surface area contributed by atoms with E-state index in [2.05, 4.69) is 0 Å². The zero-order valence-corrected chi connectivity index (χ0v) is 8.90. The van der Waals surface area contributed by atoms with Gasteiger partial charge in [0.2, 0.25) is 0 Å². The number of fused-ring (bicyclic) bond motifs is 1. The fraction of sp³-hybridized carbons (Fsp3) is 0.200. The van der Waals surface area contributed by atoms with E-state index in [1.165, 1.54) is 0 Å². The van der Waals surface area contributed by atoms with Gasteiger partial charge in [-0.25, -0.2) is 0 Å². The lowest BCUT2D eigenvalue weighted by atomic mass is 10.1. The van der Waals surface area contributed by atoms with Gasteiger partial charge in [0.05, 0.1) is 11.3 Å². The van der Waals surface area contributed by atoms with Crippen LogP contribution in [0.3, 0.4) is 0 Å². The predicted molar refractivity (Wildman–Crippen MR) is 59.0 cm³/mol. The van der Waals surface area contributed by atoms with Crippen molar-refractivity contribution >= 4 is 34.2 Å². The van der Waals surface area contributed by atoms with Crippen LogP contribution in [0.15, 0.2) is 22.8 Å². The highest BCUT2D eigenvalue weighted by molar-refractivity contribution is 6.38. The second kappa shape index (κ2) is 3.81. The molecule has 0 fully saturated rings. The molecule has 0 spiro atoms. The lowest BCUT2D eigenvalue weighted by molar-refractivity contribution is 0.610. The minimum Gasteiger partial charge on any atom is -0.462 e. The van der Waals surface area contributed by atoms with Crippen LogP contribution in [0.4, 0.5) is 0 Å². The van der Waals surface area contributed by atoms with E-state index in [9.17, 15) is 0 Å².